The van der Waals surface area contributed by atoms with Crippen molar-refractivity contribution in [1.82, 2.24) is 9.80 Å². The van der Waals surface area contributed by atoms with Crippen LogP contribution in [0.4, 0.5) is 0 Å². The molecule has 0 aromatic rings. The largest absolute Gasteiger partial charge is 0.295 e. The van der Waals surface area contributed by atoms with Crippen molar-refractivity contribution in [2.45, 2.75) is 39.2 Å². The first-order valence-corrected chi connectivity index (χ1v) is 6.61. The SMILES string of the molecule is CCCN1CCN(CCC)CC(C)([N+](=O)[O-])C1. The Bertz CT molecular complexity index is 242. The van der Waals surface area contributed by atoms with Crippen LogP contribution in [-0.4, -0.2) is 59.5 Å². The van der Waals surface area contributed by atoms with Gasteiger partial charge in [0.15, 0.2) is 0 Å². The lowest BCUT2D eigenvalue weighted by Crippen LogP contribution is -2.50. The van der Waals surface area contributed by atoms with Crippen LogP contribution in [0.2, 0.25) is 0 Å². The highest BCUT2D eigenvalue weighted by molar-refractivity contribution is 4.86. The molecule has 0 unspecified atom stereocenters. The maximum Gasteiger partial charge on any atom is 0.244 e. The molecule has 0 spiro atoms. The van der Waals surface area contributed by atoms with Crippen LogP contribution in [0.15, 0.2) is 0 Å². The molecule has 1 saturated heterocycles. The van der Waals surface area contributed by atoms with E-state index in [2.05, 4.69) is 23.6 Å². The molecule has 0 atom stereocenters. The third-order valence-electron chi connectivity index (χ3n) is 3.38. The van der Waals surface area contributed by atoms with Gasteiger partial charge in [-0.15, -0.1) is 0 Å². The lowest BCUT2D eigenvalue weighted by molar-refractivity contribution is -0.565. The van der Waals surface area contributed by atoms with Gasteiger partial charge in [-0.05, 0) is 25.9 Å². The van der Waals surface area contributed by atoms with Crippen LogP contribution in [-0.2, 0) is 0 Å². The summed E-state index contributed by atoms with van der Waals surface area (Å²) in [5, 5.41) is 11.3. The van der Waals surface area contributed by atoms with E-state index in [4.69, 9.17) is 0 Å². The maximum atomic E-state index is 11.3. The zero-order valence-corrected chi connectivity index (χ0v) is 11.3. The topological polar surface area (TPSA) is 49.6 Å². The summed E-state index contributed by atoms with van der Waals surface area (Å²) in [6.07, 6.45) is 2.11. The predicted octanol–water partition coefficient (Wildman–Crippen LogP) is 1.46. The van der Waals surface area contributed by atoms with Gasteiger partial charge in [0.05, 0.1) is 13.1 Å². The van der Waals surface area contributed by atoms with E-state index in [0.29, 0.717) is 13.1 Å². The number of nitro groups is 1. The summed E-state index contributed by atoms with van der Waals surface area (Å²) in [7, 11) is 0. The highest BCUT2D eigenvalue weighted by Crippen LogP contribution is 2.18. The molecular weight excluding hydrogens is 218 g/mol. The summed E-state index contributed by atoms with van der Waals surface area (Å²) in [6, 6.07) is 0. The molecule has 5 heteroatoms. The van der Waals surface area contributed by atoms with Crippen LogP contribution < -0.4 is 0 Å². The Morgan fingerprint density at radius 1 is 1.12 bits per heavy atom. The van der Waals surface area contributed by atoms with Crippen molar-refractivity contribution in [1.29, 1.82) is 0 Å². The average molecular weight is 243 g/mol. The smallest absolute Gasteiger partial charge is 0.244 e. The van der Waals surface area contributed by atoms with E-state index in [0.717, 1.165) is 39.0 Å². The van der Waals surface area contributed by atoms with Gasteiger partial charge in [0.2, 0.25) is 5.54 Å². The van der Waals surface area contributed by atoms with Gasteiger partial charge in [0.1, 0.15) is 0 Å². The maximum absolute atomic E-state index is 11.3. The molecular formula is C12H25N3O2. The minimum atomic E-state index is -0.819. The first-order chi connectivity index (χ1) is 8.01. The Kier molecular flexibility index (Phi) is 5.33. The number of hydrogen-bond donors (Lipinski definition) is 0. The van der Waals surface area contributed by atoms with Crippen LogP contribution in [0.3, 0.4) is 0 Å². The minimum absolute atomic E-state index is 0.0936. The standard InChI is InChI=1S/C12H25N3O2/c1-4-6-13-8-9-14(7-5-2)11-12(3,10-13)15(16)17/h4-11H2,1-3H3. The van der Waals surface area contributed by atoms with E-state index in [1.165, 1.54) is 0 Å². The first-order valence-electron chi connectivity index (χ1n) is 6.61. The van der Waals surface area contributed by atoms with Crippen LogP contribution in [0, 0.1) is 10.1 Å². The predicted molar refractivity (Wildman–Crippen MR) is 68.9 cm³/mol. The van der Waals surface area contributed by atoms with Crippen LogP contribution >= 0.6 is 0 Å². The van der Waals surface area contributed by atoms with Gasteiger partial charge in [0, 0.05) is 24.9 Å². The second-order valence-electron chi connectivity index (χ2n) is 5.31. The van der Waals surface area contributed by atoms with Crippen molar-refractivity contribution in [3.63, 3.8) is 0 Å². The van der Waals surface area contributed by atoms with Crippen molar-refractivity contribution >= 4 is 0 Å². The molecule has 0 radical (unpaired) electrons. The van der Waals surface area contributed by atoms with Crippen LogP contribution in [0.1, 0.15) is 33.6 Å². The Morgan fingerprint density at radius 2 is 1.53 bits per heavy atom. The fourth-order valence-electron chi connectivity index (χ4n) is 2.58. The van der Waals surface area contributed by atoms with E-state index >= 15 is 0 Å². The summed E-state index contributed by atoms with van der Waals surface area (Å²) >= 11 is 0. The van der Waals surface area contributed by atoms with E-state index in [1.54, 1.807) is 6.92 Å². The third-order valence-corrected chi connectivity index (χ3v) is 3.38. The molecule has 0 saturated carbocycles. The van der Waals surface area contributed by atoms with Crippen molar-refractivity contribution < 1.29 is 4.92 Å². The van der Waals surface area contributed by atoms with E-state index in [1.807, 2.05) is 0 Å². The van der Waals surface area contributed by atoms with Gasteiger partial charge < -0.3 is 0 Å². The number of rotatable bonds is 5. The molecule has 0 aliphatic carbocycles. The van der Waals surface area contributed by atoms with Gasteiger partial charge in [-0.25, -0.2) is 0 Å². The third kappa shape index (κ3) is 3.92. The van der Waals surface area contributed by atoms with Crippen LogP contribution in [0.5, 0.6) is 0 Å². The molecule has 0 amide bonds. The normalized spacial score (nSPS) is 22.3. The molecule has 0 N–H and O–H groups in total. The summed E-state index contributed by atoms with van der Waals surface area (Å²) < 4.78 is 0. The number of hydrogen-bond acceptors (Lipinski definition) is 4. The molecule has 5 nitrogen and oxygen atoms in total. The first kappa shape index (κ1) is 14.4. The lowest BCUT2D eigenvalue weighted by Gasteiger charge is -2.26. The Hall–Kier alpha value is -0.680. The molecule has 1 rings (SSSR count). The molecule has 1 heterocycles. The molecule has 0 aromatic heterocycles. The molecule has 0 aromatic carbocycles. The van der Waals surface area contributed by atoms with E-state index in [9.17, 15) is 10.1 Å². The zero-order chi connectivity index (χ0) is 12.9. The quantitative estimate of drug-likeness (QED) is 0.542. The van der Waals surface area contributed by atoms with Gasteiger partial charge in [-0.1, -0.05) is 13.8 Å². The van der Waals surface area contributed by atoms with Crippen molar-refractivity contribution in [3.05, 3.63) is 10.1 Å². The fraction of sp³-hybridized carbons (Fsp3) is 1.00. The molecule has 1 aliphatic rings. The number of nitrogens with zero attached hydrogens (tertiary/aromatic N) is 3. The second kappa shape index (κ2) is 6.31. The van der Waals surface area contributed by atoms with Crippen molar-refractivity contribution in [3.8, 4) is 0 Å². The van der Waals surface area contributed by atoms with Crippen LogP contribution in [0.25, 0.3) is 0 Å². The highest BCUT2D eigenvalue weighted by Gasteiger charge is 2.42. The second-order valence-corrected chi connectivity index (χ2v) is 5.31. The summed E-state index contributed by atoms with van der Waals surface area (Å²) in [5.74, 6) is 0. The summed E-state index contributed by atoms with van der Waals surface area (Å²) in [6.45, 7) is 11.0. The molecule has 0 bridgehead atoms. The Labute approximate surface area is 104 Å². The van der Waals surface area contributed by atoms with Crippen molar-refractivity contribution in [2.24, 2.45) is 0 Å². The lowest BCUT2D eigenvalue weighted by atomic mass is 10.0. The summed E-state index contributed by atoms with van der Waals surface area (Å²) in [5.41, 5.74) is -0.819. The van der Waals surface area contributed by atoms with E-state index < -0.39 is 5.54 Å². The highest BCUT2D eigenvalue weighted by atomic mass is 16.6. The Balaban J connectivity index is 2.75. The molecule has 1 fully saturated rings. The van der Waals surface area contributed by atoms with Crippen molar-refractivity contribution in [2.75, 3.05) is 39.3 Å². The fourth-order valence-corrected chi connectivity index (χ4v) is 2.58. The Morgan fingerprint density at radius 3 is 1.82 bits per heavy atom. The zero-order valence-electron chi connectivity index (χ0n) is 11.3. The summed E-state index contributed by atoms with van der Waals surface area (Å²) in [4.78, 5) is 15.7. The van der Waals surface area contributed by atoms with Gasteiger partial charge in [0.25, 0.3) is 0 Å². The average Bonchev–Trinajstić information content (AvgIpc) is 2.40. The molecule has 100 valence electrons. The minimum Gasteiger partial charge on any atom is -0.295 e. The van der Waals surface area contributed by atoms with E-state index in [-0.39, 0.29) is 4.92 Å². The van der Waals surface area contributed by atoms with Gasteiger partial charge in [-0.3, -0.25) is 19.9 Å². The van der Waals surface area contributed by atoms with Gasteiger partial charge in [-0.2, -0.15) is 0 Å². The molecule has 1 aliphatic heterocycles. The molecule has 17 heavy (non-hydrogen) atoms. The monoisotopic (exact) mass is 243 g/mol. The van der Waals surface area contributed by atoms with Gasteiger partial charge >= 0.3 is 0 Å².